The van der Waals surface area contributed by atoms with Crippen molar-refractivity contribution in [3.63, 3.8) is 0 Å². The lowest BCUT2D eigenvalue weighted by Crippen LogP contribution is -2.31. The first-order valence-electron chi connectivity index (χ1n) is 6.92. The highest BCUT2D eigenvalue weighted by Gasteiger charge is 2.18. The van der Waals surface area contributed by atoms with E-state index in [2.05, 4.69) is 10.4 Å². The van der Waals surface area contributed by atoms with Crippen LogP contribution in [-0.2, 0) is 7.05 Å². The van der Waals surface area contributed by atoms with Crippen molar-refractivity contribution in [1.82, 2.24) is 9.78 Å². The van der Waals surface area contributed by atoms with Gasteiger partial charge < -0.3 is 10.4 Å². The van der Waals surface area contributed by atoms with Crippen LogP contribution in [0, 0.1) is 20.8 Å². The molecule has 7 heteroatoms. The number of benzene rings is 1. The van der Waals surface area contributed by atoms with E-state index in [1.54, 1.807) is 32.9 Å². The first-order chi connectivity index (χ1) is 10.7. The van der Waals surface area contributed by atoms with Crippen LogP contribution in [0.15, 0.2) is 23.0 Å². The standard InChI is InChI=1S/C16H17N3O4/c1-8-5-6-11(7-12(8)16(22)23)17-14(20)13-9(2)10(3)18-19(4)15(13)21/h5-7H,1-4H3,(H,17,20)(H,22,23). The van der Waals surface area contributed by atoms with Crippen LogP contribution in [0.4, 0.5) is 5.69 Å². The molecule has 1 aromatic carbocycles. The Labute approximate surface area is 132 Å². The maximum atomic E-state index is 12.4. The molecule has 0 spiro atoms. The fourth-order valence-corrected chi connectivity index (χ4v) is 2.24. The molecule has 23 heavy (non-hydrogen) atoms. The summed E-state index contributed by atoms with van der Waals surface area (Å²) in [5, 5.41) is 15.7. The van der Waals surface area contributed by atoms with E-state index in [1.165, 1.54) is 13.1 Å². The van der Waals surface area contributed by atoms with Gasteiger partial charge >= 0.3 is 5.97 Å². The number of anilines is 1. The van der Waals surface area contributed by atoms with Crippen LogP contribution in [0.25, 0.3) is 0 Å². The van der Waals surface area contributed by atoms with Crippen molar-refractivity contribution in [3.8, 4) is 0 Å². The van der Waals surface area contributed by atoms with Crippen molar-refractivity contribution >= 4 is 17.6 Å². The highest BCUT2D eigenvalue weighted by molar-refractivity contribution is 6.05. The summed E-state index contributed by atoms with van der Waals surface area (Å²) >= 11 is 0. The summed E-state index contributed by atoms with van der Waals surface area (Å²) in [4.78, 5) is 35.7. The molecule has 0 saturated carbocycles. The van der Waals surface area contributed by atoms with Crippen LogP contribution in [0.2, 0.25) is 0 Å². The molecule has 0 unspecified atom stereocenters. The molecule has 0 fully saturated rings. The van der Waals surface area contributed by atoms with Gasteiger partial charge in [-0.3, -0.25) is 9.59 Å². The van der Waals surface area contributed by atoms with Crippen LogP contribution in [-0.4, -0.2) is 26.8 Å². The third-order valence-corrected chi connectivity index (χ3v) is 3.68. The second-order valence-electron chi connectivity index (χ2n) is 5.30. The molecule has 0 radical (unpaired) electrons. The SMILES string of the molecule is Cc1ccc(NC(=O)c2c(C)c(C)nn(C)c2=O)cc1C(=O)O. The lowest BCUT2D eigenvalue weighted by molar-refractivity contribution is 0.0695. The quantitative estimate of drug-likeness (QED) is 0.897. The van der Waals surface area contributed by atoms with Crippen molar-refractivity contribution in [3.05, 3.63) is 56.5 Å². The number of rotatable bonds is 3. The molecule has 0 atom stereocenters. The van der Waals surface area contributed by atoms with E-state index < -0.39 is 17.4 Å². The monoisotopic (exact) mass is 315 g/mol. The number of hydrogen-bond donors (Lipinski definition) is 2. The zero-order valence-electron chi connectivity index (χ0n) is 13.3. The Bertz CT molecular complexity index is 868. The molecule has 0 aliphatic rings. The zero-order valence-corrected chi connectivity index (χ0v) is 13.3. The highest BCUT2D eigenvalue weighted by Crippen LogP contribution is 2.17. The number of aromatic carboxylic acids is 1. The minimum Gasteiger partial charge on any atom is -0.478 e. The smallest absolute Gasteiger partial charge is 0.336 e. The molecule has 1 amide bonds. The topological polar surface area (TPSA) is 101 Å². The first-order valence-corrected chi connectivity index (χ1v) is 6.92. The van der Waals surface area contributed by atoms with E-state index in [4.69, 9.17) is 5.11 Å². The fourth-order valence-electron chi connectivity index (χ4n) is 2.24. The lowest BCUT2D eigenvalue weighted by Gasteiger charge is -2.11. The molecule has 2 aromatic rings. The number of carbonyl (C=O) groups excluding carboxylic acids is 1. The number of amides is 1. The maximum Gasteiger partial charge on any atom is 0.336 e. The molecule has 0 aliphatic heterocycles. The van der Waals surface area contributed by atoms with Gasteiger partial charge in [0.2, 0.25) is 0 Å². The van der Waals surface area contributed by atoms with E-state index in [-0.39, 0.29) is 11.1 Å². The van der Waals surface area contributed by atoms with Crippen LogP contribution in [0.5, 0.6) is 0 Å². The van der Waals surface area contributed by atoms with Crippen LogP contribution in [0.3, 0.4) is 0 Å². The van der Waals surface area contributed by atoms with Crippen LogP contribution < -0.4 is 10.9 Å². The van der Waals surface area contributed by atoms with Gasteiger partial charge in [0, 0.05) is 12.7 Å². The van der Waals surface area contributed by atoms with Crippen molar-refractivity contribution < 1.29 is 14.7 Å². The molecule has 0 saturated heterocycles. The molecule has 0 bridgehead atoms. The third-order valence-electron chi connectivity index (χ3n) is 3.68. The van der Waals surface area contributed by atoms with Gasteiger partial charge in [-0.1, -0.05) is 6.07 Å². The zero-order chi connectivity index (χ0) is 17.3. The van der Waals surface area contributed by atoms with Crippen LogP contribution >= 0.6 is 0 Å². The summed E-state index contributed by atoms with van der Waals surface area (Å²) in [6.07, 6.45) is 0. The molecule has 2 rings (SSSR count). The van der Waals surface area contributed by atoms with E-state index >= 15 is 0 Å². The molecular formula is C16H17N3O4. The number of carbonyl (C=O) groups is 2. The Morgan fingerprint density at radius 2 is 1.87 bits per heavy atom. The molecule has 0 aliphatic carbocycles. The molecule has 120 valence electrons. The van der Waals surface area contributed by atoms with E-state index in [0.29, 0.717) is 22.5 Å². The summed E-state index contributed by atoms with van der Waals surface area (Å²) in [7, 11) is 1.47. The Morgan fingerprint density at radius 3 is 2.48 bits per heavy atom. The van der Waals surface area contributed by atoms with E-state index in [0.717, 1.165) is 4.68 Å². The van der Waals surface area contributed by atoms with Gasteiger partial charge in [0.25, 0.3) is 11.5 Å². The number of aromatic nitrogens is 2. The number of aryl methyl sites for hydroxylation is 3. The van der Waals surface area contributed by atoms with Gasteiger partial charge in [-0.05, 0) is 44.0 Å². The maximum absolute atomic E-state index is 12.4. The lowest BCUT2D eigenvalue weighted by atomic mass is 10.1. The molecule has 1 heterocycles. The molecule has 1 aromatic heterocycles. The van der Waals surface area contributed by atoms with Gasteiger partial charge in [-0.15, -0.1) is 0 Å². The Kier molecular flexibility index (Phi) is 4.31. The minimum atomic E-state index is -1.08. The summed E-state index contributed by atoms with van der Waals surface area (Å²) in [6, 6.07) is 4.55. The molecular weight excluding hydrogens is 298 g/mol. The highest BCUT2D eigenvalue weighted by atomic mass is 16.4. The number of nitrogens with zero attached hydrogens (tertiary/aromatic N) is 2. The summed E-state index contributed by atoms with van der Waals surface area (Å²) in [5.41, 5.74) is 1.56. The Morgan fingerprint density at radius 1 is 1.22 bits per heavy atom. The van der Waals surface area contributed by atoms with Crippen molar-refractivity contribution in [2.45, 2.75) is 20.8 Å². The molecule has 7 nitrogen and oxygen atoms in total. The summed E-state index contributed by atoms with van der Waals surface area (Å²) in [5.74, 6) is -1.67. The first kappa shape index (κ1) is 16.4. The van der Waals surface area contributed by atoms with Gasteiger partial charge in [0.15, 0.2) is 0 Å². The number of carboxylic acids is 1. The van der Waals surface area contributed by atoms with E-state index in [1.807, 2.05) is 0 Å². The van der Waals surface area contributed by atoms with E-state index in [9.17, 15) is 14.4 Å². The predicted molar refractivity (Wildman–Crippen MR) is 85.0 cm³/mol. The number of nitrogens with one attached hydrogen (secondary N) is 1. The number of hydrogen-bond acceptors (Lipinski definition) is 4. The van der Waals surface area contributed by atoms with Gasteiger partial charge in [0.05, 0.1) is 11.3 Å². The van der Waals surface area contributed by atoms with Crippen molar-refractivity contribution in [1.29, 1.82) is 0 Å². The molecule has 2 N–H and O–H groups in total. The third kappa shape index (κ3) is 3.13. The second kappa shape index (κ2) is 6.04. The Hall–Kier alpha value is -2.96. The van der Waals surface area contributed by atoms with Crippen molar-refractivity contribution in [2.75, 3.05) is 5.32 Å². The Balaban J connectivity index is 2.43. The minimum absolute atomic E-state index is 0.00236. The average molecular weight is 315 g/mol. The fraction of sp³-hybridized carbons (Fsp3) is 0.250. The number of carboxylic acid groups (broad SMARTS) is 1. The van der Waals surface area contributed by atoms with Gasteiger partial charge in [0.1, 0.15) is 5.56 Å². The van der Waals surface area contributed by atoms with Gasteiger partial charge in [-0.25, -0.2) is 9.48 Å². The summed E-state index contributed by atoms with van der Waals surface area (Å²) < 4.78 is 1.11. The second-order valence-corrected chi connectivity index (χ2v) is 5.30. The van der Waals surface area contributed by atoms with Gasteiger partial charge in [-0.2, -0.15) is 5.10 Å². The van der Waals surface area contributed by atoms with Crippen LogP contribution in [0.1, 0.15) is 37.5 Å². The van der Waals surface area contributed by atoms with Crippen molar-refractivity contribution in [2.24, 2.45) is 7.05 Å². The average Bonchev–Trinajstić information content (AvgIpc) is 2.47. The predicted octanol–water partition coefficient (Wildman–Crippen LogP) is 1.66. The largest absolute Gasteiger partial charge is 0.478 e. The summed E-state index contributed by atoms with van der Waals surface area (Å²) in [6.45, 7) is 5.03. The normalized spacial score (nSPS) is 10.4.